The molecule has 1 aliphatic rings. The van der Waals surface area contributed by atoms with E-state index in [1.54, 1.807) is 18.0 Å². The van der Waals surface area contributed by atoms with E-state index in [0.717, 1.165) is 36.8 Å². The zero-order valence-corrected chi connectivity index (χ0v) is 19.6. The summed E-state index contributed by atoms with van der Waals surface area (Å²) in [5.74, 6) is 0.693. The minimum absolute atomic E-state index is 0.0988. The number of benzene rings is 2. The van der Waals surface area contributed by atoms with Gasteiger partial charge in [-0.2, -0.15) is 5.10 Å². The molecule has 0 aliphatic heterocycles. The number of methoxy groups -OCH3 is 1. The molecule has 7 nitrogen and oxygen atoms in total. The maximum absolute atomic E-state index is 13.1. The van der Waals surface area contributed by atoms with Gasteiger partial charge in [-0.05, 0) is 30.5 Å². The van der Waals surface area contributed by atoms with Crippen LogP contribution in [0.15, 0.2) is 60.8 Å². The number of nitrogens with one attached hydrogen (secondary N) is 2. The normalized spacial score (nSPS) is 13.9. The van der Waals surface area contributed by atoms with Crippen LogP contribution < -0.4 is 15.4 Å². The van der Waals surface area contributed by atoms with Crippen molar-refractivity contribution in [3.05, 3.63) is 71.9 Å². The fourth-order valence-corrected chi connectivity index (χ4v) is 4.39. The van der Waals surface area contributed by atoms with Crippen molar-refractivity contribution < 1.29 is 14.3 Å². The van der Waals surface area contributed by atoms with Crippen LogP contribution >= 0.6 is 0 Å². The third-order valence-electron chi connectivity index (χ3n) is 6.22. The van der Waals surface area contributed by atoms with Gasteiger partial charge in [0.2, 0.25) is 5.91 Å². The maximum atomic E-state index is 13.1. The molecular weight excluding hydrogens is 428 g/mol. The molecule has 178 valence electrons. The fourth-order valence-electron chi connectivity index (χ4n) is 4.39. The van der Waals surface area contributed by atoms with E-state index in [4.69, 9.17) is 9.84 Å². The second kappa shape index (κ2) is 11.5. The number of hydrogen-bond acceptors (Lipinski definition) is 4. The molecule has 4 rings (SSSR count). The Morgan fingerprint density at radius 2 is 1.76 bits per heavy atom. The highest BCUT2D eigenvalue weighted by Gasteiger charge is 2.21. The molecule has 0 saturated heterocycles. The molecule has 2 aromatic carbocycles. The van der Waals surface area contributed by atoms with Crippen molar-refractivity contribution in [3.63, 3.8) is 0 Å². The van der Waals surface area contributed by atoms with Crippen LogP contribution in [0, 0.1) is 5.92 Å². The van der Waals surface area contributed by atoms with Gasteiger partial charge in [0.1, 0.15) is 11.4 Å². The van der Waals surface area contributed by atoms with E-state index in [1.165, 1.54) is 6.42 Å². The molecule has 0 unspecified atom stereocenters. The van der Waals surface area contributed by atoms with Crippen LogP contribution in [-0.2, 0) is 11.3 Å². The molecule has 0 radical (unpaired) electrons. The highest BCUT2D eigenvalue weighted by atomic mass is 16.5. The van der Waals surface area contributed by atoms with Crippen molar-refractivity contribution in [2.45, 2.75) is 38.6 Å². The van der Waals surface area contributed by atoms with Gasteiger partial charge in [-0.25, -0.2) is 0 Å². The molecule has 1 heterocycles. The lowest BCUT2D eigenvalue weighted by Gasteiger charge is -2.20. The van der Waals surface area contributed by atoms with Crippen LogP contribution in [0.25, 0.3) is 11.3 Å². The van der Waals surface area contributed by atoms with Gasteiger partial charge in [0.15, 0.2) is 0 Å². The molecule has 1 aromatic heterocycles. The first kappa shape index (κ1) is 23.5. The van der Waals surface area contributed by atoms with Crippen LogP contribution in [0.5, 0.6) is 5.75 Å². The van der Waals surface area contributed by atoms with Crippen molar-refractivity contribution in [1.82, 2.24) is 20.4 Å². The molecule has 0 atom stereocenters. The first-order valence-corrected chi connectivity index (χ1v) is 12.0. The average Bonchev–Trinajstić information content (AvgIpc) is 3.31. The van der Waals surface area contributed by atoms with Gasteiger partial charge in [0.25, 0.3) is 5.91 Å². The SMILES string of the molecule is COc1cccc(-c2nn(Cc3ccccc3)cc2C(=O)NCCNC(=O)C2CCCCC2)c1. The summed E-state index contributed by atoms with van der Waals surface area (Å²) in [7, 11) is 1.61. The number of ether oxygens (including phenoxy) is 1. The number of amides is 2. The molecule has 7 heteroatoms. The third-order valence-corrected chi connectivity index (χ3v) is 6.22. The Kier molecular flexibility index (Phi) is 7.96. The minimum Gasteiger partial charge on any atom is -0.497 e. The molecule has 3 aromatic rings. The van der Waals surface area contributed by atoms with E-state index in [2.05, 4.69) is 10.6 Å². The smallest absolute Gasteiger partial charge is 0.255 e. The maximum Gasteiger partial charge on any atom is 0.255 e. The summed E-state index contributed by atoms with van der Waals surface area (Å²) in [5.41, 5.74) is 2.99. The van der Waals surface area contributed by atoms with Crippen molar-refractivity contribution in [2.75, 3.05) is 20.2 Å². The number of carbonyl (C=O) groups excluding carboxylic acids is 2. The van der Waals surface area contributed by atoms with Gasteiger partial charge in [-0.3, -0.25) is 14.3 Å². The second-order valence-electron chi connectivity index (χ2n) is 8.69. The Morgan fingerprint density at radius 1 is 1.00 bits per heavy atom. The number of carbonyl (C=O) groups is 2. The second-order valence-corrected chi connectivity index (χ2v) is 8.69. The van der Waals surface area contributed by atoms with E-state index in [1.807, 2.05) is 54.6 Å². The summed E-state index contributed by atoms with van der Waals surface area (Å²) >= 11 is 0. The van der Waals surface area contributed by atoms with Crippen LogP contribution in [0.1, 0.15) is 48.0 Å². The van der Waals surface area contributed by atoms with Gasteiger partial charge in [-0.1, -0.05) is 61.7 Å². The number of hydrogen-bond donors (Lipinski definition) is 2. The van der Waals surface area contributed by atoms with Gasteiger partial charge >= 0.3 is 0 Å². The molecule has 1 saturated carbocycles. The Bertz CT molecular complexity index is 1100. The number of aromatic nitrogens is 2. The predicted molar refractivity (Wildman–Crippen MR) is 132 cm³/mol. The van der Waals surface area contributed by atoms with E-state index >= 15 is 0 Å². The summed E-state index contributed by atoms with van der Waals surface area (Å²) in [6.07, 6.45) is 7.15. The highest BCUT2D eigenvalue weighted by molar-refractivity contribution is 5.99. The summed E-state index contributed by atoms with van der Waals surface area (Å²) in [4.78, 5) is 25.4. The minimum atomic E-state index is -0.218. The average molecular weight is 461 g/mol. The summed E-state index contributed by atoms with van der Waals surface area (Å²) < 4.78 is 7.14. The van der Waals surface area contributed by atoms with E-state index < -0.39 is 0 Å². The van der Waals surface area contributed by atoms with Crippen molar-refractivity contribution in [3.8, 4) is 17.0 Å². The standard InChI is InChI=1S/C27H32N4O3/c1-34-23-14-8-13-22(17-23)25-24(19-31(30-25)18-20-9-4-2-5-10-20)27(33)29-16-15-28-26(32)21-11-6-3-7-12-21/h2,4-5,8-10,13-14,17,19,21H,3,6-7,11-12,15-16,18H2,1H3,(H,28,32)(H,29,33). The monoisotopic (exact) mass is 460 g/mol. The van der Waals surface area contributed by atoms with Crippen molar-refractivity contribution >= 4 is 11.8 Å². The van der Waals surface area contributed by atoms with E-state index in [-0.39, 0.29) is 17.7 Å². The van der Waals surface area contributed by atoms with Gasteiger partial charge in [0, 0.05) is 30.8 Å². The number of nitrogens with zero attached hydrogens (tertiary/aromatic N) is 2. The van der Waals surface area contributed by atoms with Crippen LogP contribution in [0.3, 0.4) is 0 Å². The van der Waals surface area contributed by atoms with Crippen LogP contribution in [0.4, 0.5) is 0 Å². The summed E-state index contributed by atoms with van der Waals surface area (Å²) in [6.45, 7) is 1.33. The molecular formula is C27H32N4O3. The Labute approximate surface area is 200 Å². The zero-order chi connectivity index (χ0) is 23.8. The lowest BCUT2D eigenvalue weighted by Crippen LogP contribution is -2.38. The number of rotatable bonds is 9. The predicted octanol–water partition coefficient (Wildman–Crippen LogP) is 4.03. The molecule has 0 spiro atoms. The Morgan fingerprint density at radius 3 is 2.53 bits per heavy atom. The largest absolute Gasteiger partial charge is 0.497 e. The lowest BCUT2D eigenvalue weighted by atomic mass is 9.89. The first-order valence-electron chi connectivity index (χ1n) is 12.0. The molecule has 34 heavy (non-hydrogen) atoms. The molecule has 1 aliphatic carbocycles. The summed E-state index contributed by atoms with van der Waals surface area (Å²) in [6, 6.07) is 17.5. The van der Waals surface area contributed by atoms with Gasteiger partial charge < -0.3 is 15.4 Å². The van der Waals surface area contributed by atoms with Crippen LogP contribution in [0.2, 0.25) is 0 Å². The summed E-state index contributed by atoms with van der Waals surface area (Å²) in [5, 5.41) is 10.6. The molecule has 2 amide bonds. The molecule has 2 N–H and O–H groups in total. The van der Waals surface area contributed by atoms with E-state index in [9.17, 15) is 9.59 Å². The van der Waals surface area contributed by atoms with Gasteiger partial charge in [-0.15, -0.1) is 0 Å². The van der Waals surface area contributed by atoms with E-state index in [0.29, 0.717) is 36.6 Å². The quantitative estimate of drug-likeness (QED) is 0.472. The molecule has 0 bridgehead atoms. The topological polar surface area (TPSA) is 85.2 Å². The fraction of sp³-hybridized carbons (Fsp3) is 0.370. The van der Waals surface area contributed by atoms with Crippen molar-refractivity contribution in [1.29, 1.82) is 0 Å². The van der Waals surface area contributed by atoms with Crippen LogP contribution in [-0.4, -0.2) is 41.8 Å². The first-order chi connectivity index (χ1) is 16.6. The highest BCUT2D eigenvalue weighted by Crippen LogP contribution is 2.26. The Hall–Kier alpha value is -3.61. The van der Waals surface area contributed by atoms with Gasteiger partial charge in [0.05, 0.1) is 19.2 Å². The zero-order valence-electron chi connectivity index (χ0n) is 19.6. The lowest BCUT2D eigenvalue weighted by molar-refractivity contribution is -0.125. The Balaban J connectivity index is 1.44. The molecule has 1 fully saturated rings. The third kappa shape index (κ3) is 6.04. The van der Waals surface area contributed by atoms with Crippen molar-refractivity contribution in [2.24, 2.45) is 5.92 Å².